The Morgan fingerprint density at radius 2 is 2.12 bits per heavy atom. The van der Waals surface area contributed by atoms with Crippen LogP contribution in [-0.4, -0.2) is 58.6 Å². The summed E-state index contributed by atoms with van der Waals surface area (Å²) in [7, 11) is 2.80. The van der Waals surface area contributed by atoms with Crippen molar-refractivity contribution in [2.45, 2.75) is 25.3 Å². The Morgan fingerprint density at radius 1 is 1.42 bits per heavy atom. The zero-order valence-corrected chi connectivity index (χ0v) is 13.4. The zero-order valence-electron chi connectivity index (χ0n) is 13.4. The lowest BCUT2D eigenvalue weighted by atomic mass is 10.2. The Balaban J connectivity index is 1.95. The second kappa shape index (κ2) is 7.37. The third kappa shape index (κ3) is 3.69. The highest BCUT2D eigenvalue weighted by atomic mass is 19.3. The van der Waals surface area contributed by atoms with Gasteiger partial charge in [-0.1, -0.05) is 0 Å². The fourth-order valence-corrected chi connectivity index (χ4v) is 2.65. The van der Waals surface area contributed by atoms with Crippen LogP contribution in [0.5, 0.6) is 0 Å². The summed E-state index contributed by atoms with van der Waals surface area (Å²) in [6, 6.07) is 0.438. The lowest BCUT2D eigenvalue weighted by molar-refractivity contribution is -0.137. The van der Waals surface area contributed by atoms with Crippen molar-refractivity contribution in [3.63, 3.8) is 0 Å². The van der Waals surface area contributed by atoms with Gasteiger partial charge in [-0.3, -0.25) is 19.1 Å². The van der Waals surface area contributed by atoms with E-state index in [2.05, 4.69) is 15.7 Å². The molecule has 0 aromatic carbocycles. The third-order valence-electron chi connectivity index (χ3n) is 3.89. The Hall–Kier alpha value is -2.52. The average Bonchev–Trinajstić information content (AvgIpc) is 3.18. The molecule has 1 unspecified atom stereocenters. The molecule has 0 bridgehead atoms. The number of hydrogen-bond acceptors (Lipinski definition) is 4. The molecule has 8 nitrogen and oxygen atoms in total. The van der Waals surface area contributed by atoms with Crippen LogP contribution in [0.3, 0.4) is 0 Å². The van der Waals surface area contributed by atoms with Crippen molar-refractivity contribution < 1.29 is 23.2 Å². The van der Waals surface area contributed by atoms with Crippen molar-refractivity contribution in [3.8, 4) is 0 Å². The second-order valence-corrected chi connectivity index (χ2v) is 5.42. The van der Waals surface area contributed by atoms with E-state index in [-0.39, 0.29) is 23.8 Å². The quantitative estimate of drug-likeness (QED) is 0.775. The SMILES string of the molecule is CNC(=O)C1CCCN1C(=O)CNC(=O)c1cc(C(F)F)n(C)n1. The van der Waals surface area contributed by atoms with Gasteiger partial charge in [0.15, 0.2) is 5.69 Å². The standard InChI is InChI=1S/C14H19F2N5O3/c1-17-14(24)9-4-3-5-21(9)11(22)7-18-13(23)8-6-10(12(15)16)20(2)19-8/h6,9,12H,3-5,7H2,1-2H3,(H,17,24)(H,18,23). The lowest BCUT2D eigenvalue weighted by Gasteiger charge is -2.23. The van der Waals surface area contributed by atoms with Crippen molar-refractivity contribution in [3.05, 3.63) is 17.5 Å². The van der Waals surface area contributed by atoms with Gasteiger partial charge in [0, 0.05) is 20.6 Å². The zero-order chi connectivity index (χ0) is 17.9. The average molecular weight is 343 g/mol. The van der Waals surface area contributed by atoms with E-state index < -0.39 is 24.3 Å². The van der Waals surface area contributed by atoms with Crippen LogP contribution in [0, 0.1) is 0 Å². The van der Waals surface area contributed by atoms with Gasteiger partial charge in [0.05, 0.1) is 6.54 Å². The number of carbonyl (C=O) groups is 3. The molecule has 2 N–H and O–H groups in total. The smallest absolute Gasteiger partial charge is 0.280 e. The topological polar surface area (TPSA) is 96.3 Å². The molecule has 1 aliphatic heterocycles. The van der Waals surface area contributed by atoms with E-state index in [9.17, 15) is 23.2 Å². The molecule has 3 amide bonds. The summed E-state index contributed by atoms with van der Waals surface area (Å²) < 4.78 is 26.3. The van der Waals surface area contributed by atoms with Crippen molar-refractivity contribution in [2.24, 2.45) is 7.05 Å². The molecule has 0 radical (unpaired) electrons. The van der Waals surface area contributed by atoms with Crippen molar-refractivity contribution >= 4 is 17.7 Å². The number of nitrogens with zero attached hydrogens (tertiary/aromatic N) is 3. The number of aryl methyl sites for hydroxylation is 1. The highest BCUT2D eigenvalue weighted by molar-refractivity contribution is 5.96. The fourth-order valence-electron chi connectivity index (χ4n) is 2.65. The molecule has 1 aliphatic rings. The Morgan fingerprint density at radius 3 is 2.71 bits per heavy atom. The number of likely N-dealkylation sites (N-methyl/N-ethyl adjacent to an activating group) is 1. The summed E-state index contributed by atoms with van der Waals surface area (Å²) in [5, 5.41) is 8.55. The molecule has 132 valence electrons. The summed E-state index contributed by atoms with van der Waals surface area (Å²) in [5.74, 6) is -1.38. The van der Waals surface area contributed by atoms with Crippen LogP contribution < -0.4 is 10.6 Å². The maximum Gasteiger partial charge on any atom is 0.280 e. The van der Waals surface area contributed by atoms with E-state index >= 15 is 0 Å². The minimum Gasteiger partial charge on any atom is -0.357 e. The molecule has 0 saturated carbocycles. The molecule has 24 heavy (non-hydrogen) atoms. The number of halogens is 2. The molecule has 2 rings (SSSR count). The summed E-state index contributed by atoms with van der Waals surface area (Å²) in [6.07, 6.45) is -1.48. The highest BCUT2D eigenvalue weighted by Gasteiger charge is 2.33. The predicted molar refractivity (Wildman–Crippen MR) is 79.3 cm³/mol. The molecule has 0 aliphatic carbocycles. The molecule has 1 atom stereocenters. The Bertz CT molecular complexity index is 646. The minimum atomic E-state index is -2.75. The van der Waals surface area contributed by atoms with E-state index in [0.717, 1.165) is 10.7 Å². The van der Waals surface area contributed by atoms with Gasteiger partial charge in [0.25, 0.3) is 12.3 Å². The summed E-state index contributed by atoms with van der Waals surface area (Å²) in [4.78, 5) is 37.2. The molecule has 10 heteroatoms. The van der Waals surface area contributed by atoms with E-state index in [0.29, 0.717) is 19.4 Å². The number of carbonyl (C=O) groups excluding carboxylic acids is 3. The van der Waals surface area contributed by atoms with E-state index in [1.165, 1.54) is 19.0 Å². The molecular weight excluding hydrogens is 324 g/mol. The van der Waals surface area contributed by atoms with E-state index in [4.69, 9.17) is 0 Å². The van der Waals surface area contributed by atoms with Gasteiger partial charge >= 0.3 is 0 Å². The van der Waals surface area contributed by atoms with Crippen LogP contribution in [0.4, 0.5) is 8.78 Å². The predicted octanol–water partition coefficient (Wildman–Crippen LogP) is -0.175. The van der Waals surface area contributed by atoms with Crippen molar-refractivity contribution in [1.29, 1.82) is 0 Å². The van der Waals surface area contributed by atoms with E-state index in [1.54, 1.807) is 0 Å². The molecule has 2 heterocycles. The summed E-state index contributed by atoms with van der Waals surface area (Å²) >= 11 is 0. The van der Waals surface area contributed by atoms with Crippen LogP contribution in [0.1, 0.15) is 35.4 Å². The van der Waals surface area contributed by atoms with Gasteiger partial charge in [-0.15, -0.1) is 0 Å². The van der Waals surface area contributed by atoms with Crippen LogP contribution in [0.15, 0.2) is 6.07 Å². The number of alkyl halides is 2. The van der Waals surface area contributed by atoms with Gasteiger partial charge in [-0.25, -0.2) is 8.78 Å². The Labute approximate surface area is 137 Å². The number of likely N-dealkylation sites (tertiary alicyclic amines) is 1. The molecule has 1 saturated heterocycles. The molecule has 0 spiro atoms. The minimum absolute atomic E-state index is 0.190. The molecule has 1 aromatic rings. The van der Waals surface area contributed by atoms with Crippen molar-refractivity contribution in [1.82, 2.24) is 25.3 Å². The summed E-state index contributed by atoms with van der Waals surface area (Å²) in [5.41, 5.74) is -0.574. The first-order valence-electron chi connectivity index (χ1n) is 7.46. The van der Waals surface area contributed by atoms with Crippen LogP contribution in [0.2, 0.25) is 0 Å². The second-order valence-electron chi connectivity index (χ2n) is 5.42. The van der Waals surface area contributed by atoms with Crippen LogP contribution in [-0.2, 0) is 16.6 Å². The van der Waals surface area contributed by atoms with Gasteiger partial charge in [-0.05, 0) is 18.9 Å². The summed E-state index contributed by atoms with van der Waals surface area (Å²) in [6.45, 7) is 0.110. The first-order valence-corrected chi connectivity index (χ1v) is 7.46. The third-order valence-corrected chi connectivity index (χ3v) is 3.89. The first-order chi connectivity index (χ1) is 11.3. The normalized spacial score (nSPS) is 17.2. The van der Waals surface area contributed by atoms with Crippen molar-refractivity contribution in [2.75, 3.05) is 20.1 Å². The number of amides is 3. The number of nitrogens with one attached hydrogen (secondary N) is 2. The molecular formula is C14H19F2N5O3. The maximum atomic E-state index is 12.7. The molecule has 1 aromatic heterocycles. The number of aromatic nitrogens is 2. The number of rotatable bonds is 5. The monoisotopic (exact) mass is 343 g/mol. The highest BCUT2D eigenvalue weighted by Crippen LogP contribution is 2.19. The van der Waals surface area contributed by atoms with Crippen LogP contribution in [0.25, 0.3) is 0 Å². The van der Waals surface area contributed by atoms with Crippen LogP contribution >= 0.6 is 0 Å². The van der Waals surface area contributed by atoms with Gasteiger partial charge in [-0.2, -0.15) is 5.10 Å². The fraction of sp³-hybridized carbons (Fsp3) is 0.571. The molecule has 1 fully saturated rings. The Kier molecular flexibility index (Phi) is 5.47. The largest absolute Gasteiger partial charge is 0.357 e. The van der Waals surface area contributed by atoms with Gasteiger partial charge < -0.3 is 15.5 Å². The number of hydrogen-bond donors (Lipinski definition) is 2. The lowest BCUT2D eigenvalue weighted by Crippen LogP contribution is -2.48. The maximum absolute atomic E-state index is 12.7. The van der Waals surface area contributed by atoms with Gasteiger partial charge in [0.1, 0.15) is 11.7 Å². The van der Waals surface area contributed by atoms with Gasteiger partial charge in [0.2, 0.25) is 11.8 Å². The first kappa shape index (κ1) is 17.8. The van der Waals surface area contributed by atoms with E-state index in [1.807, 2.05) is 0 Å².